The van der Waals surface area contributed by atoms with Crippen LogP contribution in [0.1, 0.15) is 12.8 Å². The number of anilines is 1. The maximum absolute atomic E-state index is 4.23. The molecular formula is C10H17N5. The minimum absolute atomic E-state index is 0.723. The second-order valence-electron chi connectivity index (χ2n) is 4.49. The van der Waals surface area contributed by atoms with Crippen LogP contribution in [0.3, 0.4) is 0 Å². The number of hydrogen-bond donors (Lipinski definition) is 2. The quantitative estimate of drug-likeness (QED) is 0.696. The van der Waals surface area contributed by atoms with Gasteiger partial charge in [-0.1, -0.05) is 0 Å². The molecule has 0 radical (unpaired) electrons. The fourth-order valence-corrected chi connectivity index (χ4v) is 2.68. The molecule has 0 unspecified atom stereocenters. The Morgan fingerprint density at radius 3 is 3.00 bits per heavy atom. The van der Waals surface area contributed by atoms with Gasteiger partial charge in [0, 0.05) is 13.1 Å². The zero-order valence-corrected chi connectivity index (χ0v) is 8.82. The molecule has 1 atom stereocenters. The minimum atomic E-state index is 0.723. The van der Waals surface area contributed by atoms with E-state index < -0.39 is 0 Å². The molecule has 5 heteroatoms. The SMILES string of the molecule is c1nc2n(n1)C[C@@H](C1CCNCC1)CN2. The maximum atomic E-state index is 4.23. The first kappa shape index (κ1) is 9.15. The van der Waals surface area contributed by atoms with Crippen molar-refractivity contribution in [2.75, 3.05) is 25.0 Å². The predicted octanol–water partition coefficient (Wildman–Crippen LogP) is 0.319. The Kier molecular flexibility index (Phi) is 2.32. The third kappa shape index (κ3) is 1.71. The van der Waals surface area contributed by atoms with E-state index >= 15 is 0 Å². The van der Waals surface area contributed by atoms with Gasteiger partial charge in [0.1, 0.15) is 6.33 Å². The van der Waals surface area contributed by atoms with Crippen LogP contribution in [0, 0.1) is 11.8 Å². The van der Waals surface area contributed by atoms with Gasteiger partial charge in [0.25, 0.3) is 0 Å². The first-order chi connectivity index (χ1) is 7.43. The van der Waals surface area contributed by atoms with Crippen molar-refractivity contribution in [2.24, 2.45) is 11.8 Å². The van der Waals surface area contributed by atoms with Crippen molar-refractivity contribution >= 4 is 5.95 Å². The average Bonchev–Trinajstić information content (AvgIpc) is 2.77. The van der Waals surface area contributed by atoms with Gasteiger partial charge in [0.15, 0.2) is 0 Å². The van der Waals surface area contributed by atoms with Gasteiger partial charge in [0.05, 0.1) is 0 Å². The molecule has 1 aromatic rings. The molecule has 0 spiro atoms. The fraction of sp³-hybridized carbons (Fsp3) is 0.800. The van der Waals surface area contributed by atoms with Crippen LogP contribution >= 0.6 is 0 Å². The highest BCUT2D eigenvalue weighted by Gasteiger charge is 2.27. The Bertz CT molecular complexity index is 328. The largest absolute Gasteiger partial charge is 0.354 e. The molecule has 0 aliphatic carbocycles. The van der Waals surface area contributed by atoms with Crippen LogP contribution in [-0.2, 0) is 6.54 Å². The molecular weight excluding hydrogens is 190 g/mol. The monoisotopic (exact) mass is 207 g/mol. The number of rotatable bonds is 1. The van der Waals surface area contributed by atoms with Gasteiger partial charge in [-0.05, 0) is 37.8 Å². The van der Waals surface area contributed by atoms with Crippen LogP contribution in [0.2, 0.25) is 0 Å². The number of aromatic nitrogens is 3. The number of nitrogens with one attached hydrogen (secondary N) is 2. The van der Waals surface area contributed by atoms with E-state index in [-0.39, 0.29) is 0 Å². The van der Waals surface area contributed by atoms with E-state index in [2.05, 4.69) is 20.7 Å². The van der Waals surface area contributed by atoms with Gasteiger partial charge in [-0.25, -0.2) is 4.68 Å². The Balaban J connectivity index is 1.69. The van der Waals surface area contributed by atoms with Gasteiger partial charge in [-0.2, -0.15) is 10.1 Å². The van der Waals surface area contributed by atoms with Crippen LogP contribution in [0.15, 0.2) is 6.33 Å². The summed E-state index contributed by atoms with van der Waals surface area (Å²) in [6.07, 6.45) is 4.24. The van der Waals surface area contributed by atoms with Crippen molar-refractivity contribution in [3.63, 3.8) is 0 Å². The molecule has 0 bridgehead atoms. The normalized spacial score (nSPS) is 27.1. The first-order valence-corrected chi connectivity index (χ1v) is 5.76. The summed E-state index contributed by atoms with van der Waals surface area (Å²) in [6, 6.07) is 0. The Morgan fingerprint density at radius 1 is 1.27 bits per heavy atom. The van der Waals surface area contributed by atoms with Crippen molar-refractivity contribution in [2.45, 2.75) is 19.4 Å². The highest BCUT2D eigenvalue weighted by atomic mass is 15.4. The molecule has 1 saturated heterocycles. The van der Waals surface area contributed by atoms with E-state index in [0.717, 1.165) is 30.9 Å². The van der Waals surface area contributed by atoms with E-state index in [1.807, 2.05) is 4.68 Å². The van der Waals surface area contributed by atoms with Crippen LogP contribution in [0.25, 0.3) is 0 Å². The van der Waals surface area contributed by atoms with Gasteiger partial charge in [0.2, 0.25) is 5.95 Å². The van der Waals surface area contributed by atoms with E-state index in [9.17, 15) is 0 Å². The molecule has 1 aromatic heterocycles. The zero-order valence-electron chi connectivity index (χ0n) is 8.82. The predicted molar refractivity (Wildman–Crippen MR) is 57.6 cm³/mol. The summed E-state index contributed by atoms with van der Waals surface area (Å²) < 4.78 is 2.00. The summed E-state index contributed by atoms with van der Waals surface area (Å²) in [6.45, 7) is 4.44. The highest BCUT2D eigenvalue weighted by molar-refractivity contribution is 5.25. The van der Waals surface area contributed by atoms with E-state index in [0.29, 0.717) is 0 Å². The minimum Gasteiger partial charge on any atom is -0.354 e. The molecule has 3 heterocycles. The Hall–Kier alpha value is -1.10. The molecule has 1 fully saturated rings. The standard InChI is InChI=1S/C10H17N5/c1-3-11-4-2-8(1)9-5-12-10-13-7-14-15(10)6-9/h7-9,11H,1-6H2,(H,12,13,14)/t9-/m0/s1. The van der Waals surface area contributed by atoms with E-state index in [1.54, 1.807) is 6.33 Å². The molecule has 2 aliphatic rings. The van der Waals surface area contributed by atoms with Crippen molar-refractivity contribution in [1.82, 2.24) is 20.1 Å². The van der Waals surface area contributed by atoms with Crippen LogP contribution in [0.5, 0.6) is 0 Å². The van der Waals surface area contributed by atoms with Crippen molar-refractivity contribution in [3.05, 3.63) is 6.33 Å². The van der Waals surface area contributed by atoms with Crippen LogP contribution in [0.4, 0.5) is 5.95 Å². The summed E-state index contributed by atoms with van der Waals surface area (Å²) in [5.41, 5.74) is 0. The number of piperidine rings is 1. The fourth-order valence-electron chi connectivity index (χ4n) is 2.68. The van der Waals surface area contributed by atoms with Gasteiger partial charge < -0.3 is 10.6 Å². The topological polar surface area (TPSA) is 54.8 Å². The molecule has 2 aliphatic heterocycles. The van der Waals surface area contributed by atoms with Gasteiger partial charge in [-0.3, -0.25) is 0 Å². The third-order valence-corrected chi connectivity index (χ3v) is 3.60. The second kappa shape index (κ2) is 3.81. The van der Waals surface area contributed by atoms with Gasteiger partial charge >= 0.3 is 0 Å². The lowest BCUT2D eigenvalue weighted by atomic mass is 9.84. The molecule has 5 nitrogen and oxygen atoms in total. The molecule has 2 N–H and O–H groups in total. The molecule has 82 valence electrons. The smallest absolute Gasteiger partial charge is 0.221 e. The molecule has 0 saturated carbocycles. The van der Waals surface area contributed by atoms with Gasteiger partial charge in [-0.15, -0.1) is 0 Å². The summed E-state index contributed by atoms with van der Waals surface area (Å²) in [5.74, 6) is 2.50. The summed E-state index contributed by atoms with van der Waals surface area (Å²) in [5, 5.41) is 11.0. The zero-order chi connectivity index (χ0) is 10.1. The molecule has 0 aromatic carbocycles. The number of nitrogens with zero attached hydrogens (tertiary/aromatic N) is 3. The van der Waals surface area contributed by atoms with E-state index in [4.69, 9.17) is 0 Å². The first-order valence-electron chi connectivity index (χ1n) is 5.76. The highest BCUT2D eigenvalue weighted by Crippen LogP contribution is 2.26. The van der Waals surface area contributed by atoms with E-state index in [1.165, 1.54) is 25.9 Å². The third-order valence-electron chi connectivity index (χ3n) is 3.60. The Morgan fingerprint density at radius 2 is 2.13 bits per heavy atom. The van der Waals surface area contributed by atoms with Crippen LogP contribution in [-0.4, -0.2) is 34.4 Å². The molecule has 15 heavy (non-hydrogen) atoms. The van der Waals surface area contributed by atoms with Crippen molar-refractivity contribution in [1.29, 1.82) is 0 Å². The number of hydrogen-bond acceptors (Lipinski definition) is 4. The summed E-state index contributed by atoms with van der Waals surface area (Å²) in [4.78, 5) is 4.16. The average molecular weight is 207 g/mol. The maximum Gasteiger partial charge on any atom is 0.221 e. The lowest BCUT2D eigenvalue weighted by Crippen LogP contribution is -2.38. The molecule has 3 rings (SSSR count). The molecule has 0 amide bonds. The van der Waals surface area contributed by atoms with Crippen LogP contribution < -0.4 is 10.6 Å². The second-order valence-corrected chi connectivity index (χ2v) is 4.49. The Labute approximate surface area is 89.3 Å². The summed E-state index contributed by atoms with van der Waals surface area (Å²) in [7, 11) is 0. The van der Waals surface area contributed by atoms with Crippen molar-refractivity contribution < 1.29 is 0 Å². The summed E-state index contributed by atoms with van der Waals surface area (Å²) >= 11 is 0. The lowest BCUT2D eigenvalue weighted by molar-refractivity contribution is 0.230. The number of fused-ring (bicyclic) bond motifs is 1. The van der Waals surface area contributed by atoms with Crippen molar-refractivity contribution in [3.8, 4) is 0 Å². The lowest BCUT2D eigenvalue weighted by Gasteiger charge is -2.33.